The first-order valence-corrected chi connectivity index (χ1v) is 8.79. The molecule has 0 saturated heterocycles. The predicted molar refractivity (Wildman–Crippen MR) is 94.2 cm³/mol. The number of urea groups is 1. The van der Waals surface area contributed by atoms with Gasteiger partial charge in [0.05, 0.1) is 0 Å². The van der Waals surface area contributed by atoms with Crippen molar-refractivity contribution < 1.29 is 14.4 Å². The Bertz CT molecular complexity index is 571. The molecule has 0 radical (unpaired) electrons. The molecule has 1 fully saturated rings. The number of hydrogen-bond donors (Lipinski definition) is 4. The van der Waals surface area contributed by atoms with E-state index in [-0.39, 0.29) is 24.8 Å². The fourth-order valence-corrected chi connectivity index (χ4v) is 2.77. The maximum Gasteiger partial charge on any atom is 0.333 e. The minimum absolute atomic E-state index is 0.0182. The molecule has 1 aromatic rings. The summed E-state index contributed by atoms with van der Waals surface area (Å²) in [5.41, 5.74) is 5.65. The van der Waals surface area contributed by atoms with Crippen molar-refractivity contribution in [1.29, 1.82) is 0 Å². The summed E-state index contributed by atoms with van der Waals surface area (Å²) in [5, 5.41) is 5.59. The molecule has 0 aliphatic heterocycles. The van der Waals surface area contributed by atoms with E-state index >= 15 is 0 Å². The molecular weight excluding hydrogens is 320 g/mol. The molecule has 136 valence electrons. The third kappa shape index (κ3) is 7.69. The van der Waals surface area contributed by atoms with Crippen LogP contribution in [0.1, 0.15) is 50.5 Å². The second-order valence-corrected chi connectivity index (χ2v) is 6.24. The Morgan fingerprint density at radius 3 is 2.28 bits per heavy atom. The summed E-state index contributed by atoms with van der Waals surface area (Å²) in [4.78, 5) is 35.1. The van der Waals surface area contributed by atoms with Gasteiger partial charge in [-0.2, -0.15) is 0 Å². The first kappa shape index (κ1) is 18.8. The lowest BCUT2D eigenvalue weighted by atomic mass is 9.96. The van der Waals surface area contributed by atoms with Crippen LogP contribution in [0.25, 0.3) is 0 Å². The summed E-state index contributed by atoms with van der Waals surface area (Å²) in [5.74, 6) is -0.598. The lowest BCUT2D eigenvalue weighted by Crippen LogP contribution is -2.50. The number of rotatable bonds is 6. The van der Waals surface area contributed by atoms with Gasteiger partial charge >= 0.3 is 6.03 Å². The van der Waals surface area contributed by atoms with E-state index in [1.165, 1.54) is 6.42 Å². The first-order chi connectivity index (χ1) is 12.1. The van der Waals surface area contributed by atoms with Crippen LogP contribution in [0.4, 0.5) is 4.79 Å². The molecule has 7 heteroatoms. The van der Waals surface area contributed by atoms with Crippen molar-refractivity contribution >= 4 is 17.8 Å². The van der Waals surface area contributed by atoms with Gasteiger partial charge in [-0.3, -0.25) is 15.0 Å². The molecule has 0 heterocycles. The van der Waals surface area contributed by atoms with E-state index in [9.17, 15) is 14.4 Å². The number of amides is 4. The van der Waals surface area contributed by atoms with Gasteiger partial charge in [-0.1, -0.05) is 49.6 Å². The molecule has 0 bridgehead atoms. The van der Waals surface area contributed by atoms with E-state index < -0.39 is 11.9 Å². The molecule has 1 saturated carbocycles. The van der Waals surface area contributed by atoms with Gasteiger partial charge in [0.2, 0.25) is 11.8 Å². The Kier molecular flexibility index (Phi) is 7.75. The zero-order chi connectivity index (χ0) is 17.9. The van der Waals surface area contributed by atoms with Crippen molar-refractivity contribution in [1.82, 2.24) is 21.5 Å². The molecule has 0 unspecified atom stereocenters. The molecule has 1 aliphatic rings. The number of hydrogen-bond acceptors (Lipinski definition) is 3. The van der Waals surface area contributed by atoms with Crippen molar-refractivity contribution in [2.24, 2.45) is 0 Å². The van der Waals surface area contributed by atoms with E-state index in [1.54, 1.807) is 0 Å². The third-order valence-electron chi connectivity index (χ3n) is 4.17. The largest absolute Gasteiger partial charge is 0.352 e. The quantitative estimate of drug-likeness (QED) is 0.591. The summed E-state index contributed by atoms with van der Waals surface area (Å²) in [6.45, 7) is 0.434. The maximum atomic E-state index is 11.7. The normalized spacial score (nSPS) is 14.4. The van der Waals surface area contributed by atoms with E-state index in [4.69, 9.17) is 0 Å². The number of carbonyl (C=O) groups excluding carboxylic acids is 3. The smallest absolute Gasteiger partial charge is 0.333 e. The van der Waals surface area contributed by atoms with Crippen LogP contribution in [-0.2, 0) is 16.1 Å². The van der Waals surface area contributed by atoms with E-state index in [0.29, 0.717) is 6.54 Å². The summed E-state index contributed by atoms with van der Waals surface area (Å²) in [6, 6.07) is 9.32. The number of benzene rings is 1. The van der Waals surface area contributed by atoms with Crippen molar-refractivity contribution in [3.05, 3.63) is 35.9 Å². The van der Waals surface area contributed by atoms with Crippen LogP contribution in [0.5, 0.6) is 0 Å². The molecule has 25 heavy (non-hydrogen) atoms. The maximum absolute atomic E-state index is 11.7. The Morgan fingerprint density at radius 2 is 1.56 bits per heavy atom. The second kappa shape index (κ2) is 10.3. The fourth-order valence-electron chi connectivity index (χ4n) is 2.77. The van der Waals surface area contributed by atoms with E-state index in [0.717, 1.165) is 31.2 Å². The minimum Gasteiger partial charge on any atom is -0.352 e. The lowest BCUT2D eigenvalue weighted by molar-refractivity contribution is -0.126. The zero-order valence-corrected chi connectivity index (χ0v) is 14.3. The van der Waals surface area contributed by atoms with Crippen molar-refractivity contribution in [2.45, 2.75) is 57.5 Å². The highest BCUT2D eigenvalue weighted by Gasteiger charge is 2.15. The summed E-state index contributed by atoms with van der Waals surface area (Å²) in [7, 11) is 0. The van der Waals surface area contributed by atoms with Crippen LogP contribution in [0, 0.1) is 0 Å². The van der Waals surface area contributed by atoms with Crippen LogP contribution in [0.3, 0.4) is 0 Å². The molecule has 4 amide bonds. The van der Waals surface area contributed by atoms with Crippen LogP contribution in [-0.4, -0.2) is 23.9 Å². The van der Waals surface area contributed by atoms with Gasteiger partial charge in [-0.05, 0) is 18.4 Å². The number of hydrazine groups is 1. The Hall–Kier alpha value is -2.57. The Balaban J connectivity index is 1.55. The molecule has 0 atom stereocenters. The molecule has 1 aromatic carbocycles. The molecule has 0 aromatic heterocycles. The standard InChI is InChI=1S/C18H26N4O3/c23-16(19-13-14-7-3-1-4-8-14)11-12-17(24)21-22-18(25)20-15-9-5-2-6-10-15/h1,3-4,7-8,15H,2,5-6,9-13H2,(H,19,23)(H,21,24)(H2,20,22,25). The Labute approximate surface area is 147 Å². The van der Waals surface area contributed by atoms with E-state index in [2.05, 4.69) is 21.5 Å². The van der Waals surface area contributed by atoms with Crippen LogP contribution in [0.2, 0.25) is 0 Å². The zero-order valence-electron chi connectivity index (χ0n) is 14.3. The number of nitrogens with one attached hydrogen (secondary N) is 4. The molecule has 1 aliphatic carbocycles. The minimum atomic E-state index is -0.409. The fraction of sp³-hybridized carbons (Fsp3) is 0.500. The van der Waals surface area contributed by atoms with E-state index in [1.807, 2.05) is 30.3 Å². The summed E-state index contributed by atoms with van der Waals surface area (Å²) >= 11 is 0. The van der Waals surface area contributed by atoms with Crippen LogP contribution >= 0.6 is 0 Å². The van der Waals surface area contributed by atoms with Gasteiger partial charge in [0.15, 0.2) is 0 Å². The van der Waals surface area contributed by atoms with Gasteiger partial charge in [-0.15, -0.1) is 0 Å². The molecule has 7 nitrogen and oxygen atoms in total. The molecule has 4 N–H and O–H groups in total. The average Bonchev–Trinajstić information content (AvgIpc) is 2.64. The highest BCUT2D eigenvalue weighted by atomic mass is 16.2. The summed E-state index contributed by atoms with van der Waals surface area (Å²) in [6.07, 6.45) is 5.49. The monoisotopic (exact) mass is 346 g/mol. The predicted octanol–water partition coefficient (Wildman–Crippen LogP) is 1.75. The van der Waals surface area contributed by atoms with Gasteiger partial charge in [-0.25, -0.2) is 10.2 Å². The van der Waals surface area contributed by atoms with Crippen LogP contribution in [0.15, 0.2) is 30.3 Å². The molecular formula is C18H26N4O3. The highest BCUT2D eigenvalue weighted by Crippen LogP contribution is 2.16. The third-order valence-corrected chi connectivity index (χ3v) is 4.17. The van der Waals surface area contributed by atoms with Gasteiger partial charge in [0, 0.05) is 25.4 Å². The van der Waals surface area contributed by atoms with Crippen LogP contribution < -0.4 is 21.5 Å². The van der Waals surface area contributed by atoms with Crippen molar-refractivity contribution in [3.63, 3.8) is 0 Å². The topological polar surface area (TPSA) is 99.3 Å². The Morgan fingerprint density at radius 1 is 0.880 bits per heavy atom. The molecule has 2 rings (SSSR count). The SMILES string of the molecule is O=C(CCC(=O)NNC(=O)NC1CCCCC1)NCc1ccccc1. The average molecular weight is 346 g/mol. The van der Waals surface area contributed by atoms with Gasteiger partial charge in [0.25, 0.3) is 0 Å². The van der Waals surface area contributed by atoms with Crippen molar-refractivity contribution in [2.75, 3.05) is 0 Å². The second-order valence-electron chi connectivity index (χ2n) is 6.24. The summed E-state index contributed by atoms with van der Waals surface area (Å²) < 4.78 is 0. The molecule has 0 spiro atoms. The first-order valence-electron chi connectivity index (χ1n) is 8.79. The lowest BCUT2D eigenvalue weighted by Gasteiger charge is -2.22. The van der Waals surface area contributed by atoms with Gasteiger partial charge < -0.3 is 10.6 Å². The highest BCUT2D eigenvalue weighted by molar-refractivity contribution is 5.85. The van der Waals surface area contributed by atoms with Crippen molar-refractivity contribution in [3.8, 4) is 0 Å². The number of carbonyl (C=O) groups is 3. The van der Waals surface area contributed by atoms with Gasteiger partial charge in [0.1, 0.15) is 0 Å².